The van der Waals surface area contributed by atoms with E-state index in [0.717, 1.165) is 33.8 Å². The van der Waals surface area contributed by atoms with E-state index in [2.05, 4.69) is 158 Å². The summed E-state index contributed by atoms with van der Waals surface area (Å²) in [5, 5.41) is 4.89. The van der Waals surface area contributed by atoms with Gasteiger partial charge in [-0.2, -0.15) is 0 Å². The molecule has 0 unspecified atom stereocenters. The molecule has 0 aliphatic heterocycles. The molecule has 0 atom stereocenters. The average molecular weight is 602 g/mol. The molecule has 47 heavy (non-hydrogen) atoms. The van der Waals surface area contributed by atoms with Crippen LogP contribution in [0.5, 0.6) is 0 Å². The highest BCUT2D eigenvalue weighted by Gasteiger charge is 2.20. The number of nitrogens with zero attached hydrogens (tertiary/aromatic N) is 5. The molecule has 0 N–H and O–H groups in total. The Morgan fingerprint density at radius 2 is 0.957 bits per heavy atom. The van der Waals surface area contributed by atoms with E-state index in [-0.39, 0.29) is 0 Å². The van der Waals surface area contributed by atoms with Crippen LogP contribution >= 0.6 is 0 Å². The summed E-state index contributed by atoms with van der Waals surface area (Å²) in [6, 6.07) is 51.9. The van der Waals surface area contributed by atoms with E-state index >= 15 is 0 Å². The summed E-state index contributed by atoms with van der Waals surface area (Å²) in [5.74, 6) is 0.863. The first-order chi connectivity index (χ1) is 23.3. The summed E-state index contributed by atoms with van der Waals surface area (Å²) in [6.07, 6.45) is 5.74. The van der Waals surface area contributed by atoms with Gasteiger partial charge in [-0.25, -0.2) is 4.98 Å². The zero-order chi connectivity index (χ0) is 30.9. The number of aromatic nitrogens is 5. The van der Waals surface area contributed by atoms with Crippen LogP contribution in [-0.4, -0.2) is 23.5 Å². The van der Waals surface area contributed by atoms with E-state index in [0.29, 0.717) is 0 Å². The van der Waals surface area contributed by atoms with Crippen molar-refractivity contribution in [2.75, 3.05) is 0 Å². The van der Waals surface area contributed by atoms with Crippen LogP contribution in [0.25, 0.3) is 83.1 Å². The number of hydrogen-bond donors (Lipinski definition) is 0. The number of pyridine rings is 2. The van der Waals surface area contributed by atoms with Gasteiger partial charge in [0.2, 0.25) is 5.95 Å². The van der Waals surface area contributed by atoms with Crippen molar-refractivity contribution >= 4 is 49.1 Å². The van der Waals surface area contributed by atoms with Crippen molar-refractivity contribution in [2.45, 2.75) is 0 Å². The topological polar surface area (TPSA) is 40.0 Å². The minimum Gasteiger partial charge on any atom is -0.309 e. The van der Waals surface area contributed by atoms with Gasteiger partial charge in [0.1, 0.15) is 0 Å². The van der Waals surface area contributed by atoms with Crippen LogP contribution in [0.15, 0.2) is 164 Å². The molecule has 5 aromatic carbocycles. The highest BCUT2D eigenvalue weighted by atomic mass is 15.2. The quantitative estimate of drug-likeness (QED) is 0.201. The lowest BCUT2D eigenvalue weighted by atomic mass is 10.0. The minimum atomic E-state index is 0.863. The lowest BCUT2D eigenvalue weighted by Crippen LogP contribution is -2.00. The zero-order valence-corrected chi connectivity index (χ0v) is 25.3. The fraction of sp³-hybridized carbons (Fsp3) is 0. The van der Waals surface area contributed by atoms with Gasteiger partial charge >= 0.3 is 0 Å². The third-order valence-corrected chi connectivity index (χ3v) is 9.38. The van der Waals surface area contributed by atoms with Crippen LogP contribution in [0.1, 0.15) is 0 Å². The molecule has 5 heteroatoms. The van der Waals surface area contributed by atoms with Gasteiger partial charge in [-0.05, 0) is 83.9 Å². The Balaban J connectivity index is 1.19. The molecule has 0 bridgehead atoms. The molecule has 0 amide bonds. The first kappa shape index (κ1) is 25.8. The molecule has 0 spiro atoms. The Bertz CT molecular complexity index is 2780. The SMILES string of the molecule is c1ccc(-n2c3ccccc3c3cc(-c4ccc5c(c4)c4ccccc4n5-c4nc(-c5ccncc5)c5ccccn45)ccc32)cc1. The van der Waals surface area contributed by atoms with Gasteiger partial charge in [-0.15, -0.1) is 0 Å². The molecular formula is C42H27N5. The second-order valence-corrected chi connectivity index (χ2v) is 12.0. The maximum Gasteiger partial charge on any atom is 0.220 e. The molecule has 10 rings (SSSR count). The highest BCUT2D eigenvalue weighted by molar-refractivity contribution is 6.12. The second-order valence-electron chi connectivity index (χ2n) is 12.0. The first-order valence-corrected chi connectivity index (χ1v) is 15.8. The Hall–Kier alpha value is -6.46. The van der Waals surface area contributed by atoms with Crippen molar-refractivity contribution in [2.24, 2.45) is 0 Å². The third-order valence-electron chi connectivity index (χ3n) is 9.38. The normalized spacial score (nSPS) is 11.8. The minimum absolute atomic E-state index is 0.863. The van der Waals surface area contributed by atoms with Crippen molar-refractivity contribution in [3.05, 3.63) is 164 Å². The van der Waals surface area contributed by atoms with Crippen molar-refractivity contribution < 1.29 is 0 Å². The largest absolute Gasteiger partial charge is 0.309 e. The maximum atomic E-state index is 5.27. The van der Waals surface area contributed by atoms with Crippen molar-refractivity contribution in [3.63, 3.8) is 0 Å². The Morgan fingerprint density at radius 3 is 1.66 bits per heavy atom. The van der Waals surface area contributed by atoms with Crippen LogP contribution in [-0.2, 0) is 0 Å². The van der Waals surface area contributed by atoms with E-state index < -0.39 is 0 Å². The molecule has 0 saturated carbocycles. The fourth-order valence-corrected chi connectivity index (χ4v) is 7.28. The van der Waals surface area contributed by atoms with Gasteiger partial charge in [0.15, 0.2) is 0 Å². The summed E-state index contributed by atoms with van der Waals surface area (Å²) in [4.78, 5) is 9.50. The van der Waals surface area contributed by atoms with Gasteiger partial charge in [0.05, 0.1) is 33.3 Å². The first-order valence-electron chi connectivity index (χ1n) is 15.8. The Labute approximate surface area is 270 Å². The van der Waals surface area contributed by atoms with Crippen LogP contribution in [0.2, 0.25) is 0 Å². The maximum absolute atomic E-state index is 5.27. The molecule has 0 aliphatic rings. The number of fused-ring (bicyclic) bond motifs is 7. The number of rotatable bonds is 4. The van der Waals surface area contributed by atoms with Crippen LogP contribution in [0, 0.1) is 0 Å². The van der Waals surface area contributed by atoms with E-state index in [4.69, 9.17) is 4.98 Å². The van der Waals surface area contributed by atoms with Gasteiger partial charge in [-0.1, -0.05) is 72.8 Å². The highest BCUT2D eigenvalue weighted by Crippen LogP contribution is 2.38. The predicted octanol–water partition coefficient (Wildman–Crippen LogP) is 10.3. The van der Waals surface area contributed by atoms with Crippen molar-refractivity contribution in [1.82, 2.24) is 23.5 Å². The number of imidazole rings is 1. The van der Waals surface area contributed by atoms with Gasteiger partial charge in [0.25, 0.3) is 0 Å². The number of benzene rings is 5. The zero-order valence-electron chi connectivity index (χ0n) is 25.3. The number of para-hydroxylation sites is 3. The van der Waals surface area contributed by atoms with E-state index in [1.807, 2.05) is 24.5 Å². The summed E-state index contributed by atoms with van der Waals surface area (Å²) in [6.45, 7) is 0. The predicted molar refractivity (Wildman–Crippen MR) is 193 cm³/mol. The standard InChI is InChI=1S/C42H27N5/c1-2-10-31(11-3-1)46-36-14-6-4-12-32(36)34-26-29(17-19-38(34)46)30-18-20-39-35(27-30)33-13-5-7-15-37(33)47(39)42-44-41(28-21-23-43-24-22-28)40-16-8-9-25-45(40)42/h1-27H. The van der Waals surface area contributed by atoms with E-state index in [9.17, 15) is 0 Å². The smallest absolute Gasteiger partial charge is 0.220 e. The van der Waals surface area contributed by atoms with Gasteiger partial charge < -0.3 is 4.57 Å². The summed E-state index contributed by atoms with van der Waals surface area (Å²) in [7, 11) is 0. The average Bonchev–Trinajstić information content (AvgIpc) is 3.79. The molecule has 10 aromatic rings. The molecule has 0 radical (unpaired) electrons. The number of hydrogen-bond acceptors (Lipinski definition) is 2. The summed E-state index contributed by atoms with van der Waals surface area (Å²) < 4.78 is 6.84. The van der Waals surface area contributed by atoms with Crippen LogP contribution in [0.4, 0.5) is 0 Å². The van der Waals surface area contributed by atoms with Crippen molar-refractivity contribution in [3.8, 4) is 34.0 Å². The molecule has 0 fully saturated rings. The molecule has 0 saturated heterocycles. The lowest BCUT2D eigenvalue weighted by Gasteiger charge is -2.09. The Kier molecular flexibility index (Phi) is 5.51. The monoisotopic (exact) mass is 601 g/mol. The van der Waals surface area contributed by atoms with Crippen molar-refractivity contribution in [1.29, 1.82) is 0 Å². The molecule has 0 aliphatic carbocycles. The van der Waals surface area contributed by atoms with Gasteiger partial charge in [-0.3, -0.25) is 14.0 Å². The molecule has 220 valence electrons. The summed E-state index contributed by atoms with van der Waals surface area (Å²) >= 11 is 0. The van der Waals surface area contributed by atoms with E-state index in [1.165, 1.54) is 49.4 Å². The van der Waals surface area contributed by atoms with Crippen LogP contribution in [0.3, 0.4) is 0 Å². The third kappa shape index (κ3) is 3.83. The van der Waals surface area contributed by atoms with Gasteiger partial charge in [0, 0.05) is 51.4 Å². The summed E-state index contributed by atoms with van der Waals surface area (Å²) in [5.41, 5.74) is 11.2. The Morgan fingerprint density at radius 1 is 0.404 bits per heavy atom. The second kappa shape index (κ2) is 10.0. The molecule has 5 nitrogen and oxygen atoms in total. The van der Waals surface area contributed by atoms with E-state index in [1.54, 1.807) is 0 Å². The molecule has 5 heterocycles. The molecule has 5 aromatic heterocycles. The van der Waals surface area contributed by atoms with Crippen LogP contribution < -0.4 is 0 Å². The molecular weight excluding hydrogens is 574 g/mol. The fourth-order valence-electron chi connectivity index (χ4n) is 7.28. The lowest BCUT2D eigenvalue weighted by molar-refractivity contribution is 0.983.